The molecule has 0 saturated heterocycles. The van der Waals surface area contributed by atoms with Crippen molar-refractivity contribution in [1.82, 2.24) is 9.88 Å². The largest absolute Gasteiger partial charge is 0.453 e. The van der Waals surface area contributed by atoms with Crippen molar-refractivity contribution in [2.24, 2.45) is 0 Å². The number of hydrogen-bond donors (Lipinski definition) is 1. The van der Waals surface area contributed by atoms with Crippen LogP contribution >= 0.6 is 11.3 Å². The van der Waals surface area contributed by atoms with Crippen molar-refractivity contribution < 1.29 is 14.3 Å². The molecule has 116 valence electrons. The van der Waals surface area contributed by atoms with Crippen molar-refractivity contribution in [2.45, 2.75) is 6.42 Å². The molecule has 0 aliphatic carbocycles. The van der Waals surface area contributed by atoms with Crippen LogP contribution in [0.25, 0.3) is 0 Å². The van der Waals surface area contributed by atoms with E-state index in [-0.39, 0.29) is 12.5 Å². The number of ether oxygens (including phenoxy) is 1. The molecule has 2 amide bonds. The van der Waals surface area contributed by atoms with Crippen LogP contribution in [0.2, 0.25) is 0 Å². The molecule has 22 heavy (non-hydrogen) atoms. The van der Waals surface area contributed by atoms with Crippen molar-refractivity contribution in [3.63, 3.8) is 0 Å². The molecule has 1 N–H and O–H groups in total. The lowest BCUT2D eigenvalue weighted by molar-refractivity contribution is -0.116. The Morgan fingerprint density at radius 2 is 2.05 bits per heavy atom. The average Bonchev–Trinajstić information content (AvgIpc) is 2.94. The van der Waals surface area contributed by atoms with Crippen LogP contribution in [-0.2, 0) is 16.0 Å². The second kappa shape index (κ2) is 7.56. The van der Waals surface area contributed by atoms with Crippen molar-refractivity contribution >= 4 is 28.5 Å². The third-order valence-corrected chi connectivity index (χ3v) is 3.80. The Morgan fingerprint density at radius 3 is 2.73 bits per heavy atom. The predicted molar refractivity (Wildman–Crippen MR) is 85.0 cm³/mol. The first-order chi connectivity index (χ1) is 10.6. The van der Waals surface area contributed by atoms with Crippen molar-refractivity contribution in [2.75, 3.05) is 26.0 Å². The molecule has 0 unspecified atom stereocenters. The Bertz CT molecular complexity index is 642. The molecule has 1 heterocycles. The molecule has 0 radical (unpaired) electrons. The van der Waals surface area contributed by atoms with Crippen LogP contribution in [0.3, 0.4) is 0 Å². The first-order valence-electron chi connectivity index (χ1n) is 6.66. The number of aromatic nitrogens is 1. The molecule has 6 nitrogen and oxygen atoms in total. The van der Waals surface area contributed by atoms with Gasteiger partial charge in [-0.2, -0.15) is 0 Å². The standard InChI is InChI=1S/C15H17N3O3S/c1-18(15(20)21-2)10-13(19)17-14-16-9-12(22-14)8-11-6-4-3-5-7-11/h3-7,9H,8,10H2,1-2H3,(H,16,17,19). The molecular formula is C15H17N3O3S. The highest BCUT2D eigenvalue weighted by Gasteiger charge is 2.14. The Morgan fingerprint density at radius 1 is 1.32 bits per heavy atom. The van der Waals surface area contributed by atoms with E-state index >= 15 is 0 Å². The minimum Gasteiger partial charge on any atom is -0.453 e. The lowest BCUT2D eigenvalue weighted by Gasteiger charge is -2.13. The van der Waals surface area contributed by atoms with Gasteiger partial charge in [-0.15, -0.1) is 11.3 Å². The predicted octanol–water partition coefficient (Wildman–Crippen LogP) is 2.37. The van der Waals surface area contributed by atoms with Crippen molar-refractivity contribution in [1.29, 1.82) is 0 Å². The second-order valence-corrected chi connectivity index (χ2v) is 5.78. The number of likely N-dealkylation sites (N-methyl/N-ethyl adjacent to an activating group) is 1. The van der Waals surface area contributed by atoms with Crippen LogP contribution in [0.5, 0.6) is 0 Å². The van der Waals surface area contributed by atoms with Gasteiger partial charge >= 0.3 is 6.09 Å². The summed E-state index contributed by atoms with van der Waals surface area (Å²) in [5.41, 5.74) is 1.19. The zero-order chi connectivity index (χ0) is 15.9. The van der Waals surface area contributed by atoms with Gasteiger partial charge in [0.2, 0.25) is 5.91 Å². The number of carbonyl (C=O) groups is 2. The topological polar surface area (TPSA) is 71.5 Å². The summed E-state index contributed by atoms with van der Waals surface area (Å²) in [5.74, 6) is -0.312. The first kappa shape index (κ1) is 16.0. The smallest absolute Gasteiger partial charge is 0.409 e. The van der Waals surface area contributed by atoms with E-state index in [1.807, 2.05) is 30.3 Å². The van der Waals surface area contributed by atoms with E-state index in [0.717, 1.165) is 11.3 Å². The number of carbonyl (C=O) groups excluding carboxylic acids is 2. The summed E-state index contributed by atoms with van der Waals surface area (Å²) in [6, 6.07) is 10.0. The van der Waals surface area contributed by atoms with E-state index in [4.69, 9.17) is 0 Å². The Balaban J connectivity index is 1.89. The monoisotopic (exact) mass is 319 g/mol. The zero-order valence-corrected chi connectivity index (χ0v) is 13.2. The normalized spacial score (nSPS) is 10.1. The van der Waals surface area contributed by atoms with Gasteiger partial charge in [0, 0.05) is 24.5 Å². The molecule has 0 aliphatic rings. The van der Waals surface area contributed by atoms with Gasteiger partial charge in [0.25, 0.3) is 0 Å². The summed E-state index contributed by atoms with van der Waals surface area (Å²) in [7, 11) is 2.77. The van der Waals surface area contributed by atoms with Gasteiger partial charge < -0.3 is 15.0 Å². The maximum atomic E-state index is 11.8. The van der Waals surface area contributed by atoms with E-state index in [9.17, 15) is 9.59 Å². The molecule has 1 aromatic heterocycles. The Kier molecular flexibility index (Phi) is 5.48. The molecule has 0 spiro atoms. The number of amides is 2. The highest BCUT2D eigenvalue weighted by Crippen LogP contribution is 2.21. The third kappa shape index (κ3) is 4.56. The summed E-state index contributed by atoms with van der Waals surface area (Å²) in [5, 5.41) is 3.20. The fourth-order valence-corrected chi connectivity index (χ4v) is 2.70. The lowest BCUT2D eigenvalue weighted by Crippen LogP contribution is -2.34. The minimum atomic E-state index is -0.556. The number of benzene rings is 1. The van der Waals surface area contributed by atoms with E-state index < -0.39 is 6.09 Å². The van der Waals surface area contributed by atoms with Crippen LogP contribution in [0.4, 0.5) is 9.93 Å². The summed E-state index contributed by atoms with van der Waals surface area (Å²) < 4.78 is 4.53. The maximum absolute atomic E-state index is 11.8. The summed E-state index contributed by atoms with van der Waals surface area (Å²) in [4.78, 5) is 29.5. The molecule has 2 rings (SSSR count). The van der Waals surface area contributed by atoms with Crippen molar-refractivity contribution in [3.05, 3.63) is 47.0 Å². The summed E-state index contributed by atoms with van der Waals surface area (Å²) >= 11 is 1.42. The number of hydrogen-bond acceptors (Lipinski definition) is 5. The van der Waals surface area contributed by atoms with Gasteiger partial charge in [-0.1, -0.05) is 30.3 Å². The highest BCUT2D eigenvalue weighted by atomic mass is 32.1. The van der Waals surface area contributed by atoms with Crippen LogP contribution in [0, 0.1) is 0 Å². The number of anilines is 1. The number of methoxy groups -OCH3 is 1. The second-order valence-electron chi connectivity index (χ2n) is 4.67. The van der Waals surface area contributed by atoms with E-state index in [1.165, 1.54) is 36.0 Å². The number of rotatable bonds is 5. The van der Waals surface area contributed by atoms with E-state index in [0.29, 0.717) is 5.13 Å². The van der Waals surface area contributed by atoms with E-state index in [2.05, 4.69) is 15.0 Å². The van der Waals surface area contributed by atoms with Gasteiger partial charge in [0.1, 0.15) is 6.54 Å². The van der Waals surface area contributed by atoms with Gasteiger partial charge in [0.15, 0.2) is 5.13 Å². The summed E-state index contributed by atoms with van der Waals surface area (Å²) in [6.45, 7) is -0.0831. The molecule has 2 aromatic rings. The number of nitrogens with one attached hydrogen (secondary N) is 1. The molecule has 0 saturated carbocycles. The quantitative estimate of drug-likeness (QED) is 0.918. The third-order valence-electron chi connectivity index (χ3n) is 2.89. The lowest BCUT2D eigenvalue weighted by atomic mass is 10.1. The molecular weight excluding hydrogens is 302 g/mol. The van der Waals surface area contributed by atoms with Gasteiger partial charge in [-0.25, -0.2) is 9.78 Å². The average molecular weight is 319 g/mol. The van der Waals surface area contributed by atoms with Gasteiger partial charge in [-0.05, 0) is 5.56 Å². The fourth-order valence-electron chi connectivity index (χ4n) is 1.84. The highest BCUT2D eigenvalue weighted by molar-refractivity contribution is 7.15. The van der Waals surface area contributed by atoms with Crippen LogP contribution in [0.1, 0.15) is 10.4 Å². The van der Waals surface area contributed by atoms with Crippen LogP contribution in [-0.4, -0.2) is 42.6 Å². The van der Waals surface area contributed by atoms with E-state index in [1.54, 1.807) is 6.20 Å². The minimum absolute atomic E-state index is 0.0831. The number of thiazole rings is 1. The molecule has 0 bridgehead atoms. The zero-order valence-electron chi connectivity index (χ0n) is 12.4. The first-order valence-corrected chi connectivity index (χ1v) is 7.47. The SMILES string of the molecule is COC(=O)N(C)CC(=O)Nc1ncc(Cc2ccccc2)s1. The maximum Gasteiger partial charge on any atom is 0.409 e. The Hall–Kier alpha value is -2.41. The van der Waals surface area contributed by atoms with Gasteiger partial charge in [0.05, 0.1) is 7.11 Å². The van der Waals surface area contributed by atoms with Crippen LogP contribution in [0.15, 0.2) is 36.5 Å². The molecule has 0 atom stereocenters. The number of nitrogens with zero attached hydrogens (tertiary/aromatic N) is 2. The molecule has 7 heteroatoms. The fraction of sp³-hybridized carbons (Fsp3) is 0.267. The molecule has 0 fully saturated rings. The molecule has 1 aromatic carbocycles. The molecule has 0 aliphatic heterocycles. The van der Waals surface area contributed by atoms with Gasteiger partial charge in [-0.3, -0.25) is 4.79 Å². The Labute approximate surface area is 132 Å². The van der Waals surface area contributed by atoms with Crippen molar-refractivity contribution in [3.8, 4) is 0 Å². The van der Waals surface area contributed by atoms with Crippen LogP contribution < -0.4 is 5.32 Å². The summed E-state index contributed by atoms with van der Waals surface area (Å²) in [6.07, 6.45) is 1.97.